The number of para-hydroxylation sites is 1. The van der Waals surface area contributed by atoms with Gasteiger partial charge in [0, 0.05) is 48.7 Å². The Morgan fingerprint density at radius 1 is 1.22 bits per heavy atom. The van der Waals surface area contributed by atoms with Gasteiger partial charge in [-0.05, 0) is 19.1 Å². The first-order valence-corrected chi connectivity index (χ1v) is 11.8. The molecule has 5 heterocycles. The number of aromatic nitrogens is 8. The molecule has 36 heavy (non-hydrogen) atoms. The monoisotopic (exact) mass is 503 g/mol. The second-order valence-electron chi connectivity index (χ2n) is 8.66. The van der Waals surface area contributed by atoms with E-state index in [0.717, 1.165) is 16.9 Å². The fourth-order valence-electron chi connectivity index (χ4n) is 4.60. The van der Waals surface area contributed by atoms with Crippen molar-refractivity contribution in [1.82, 2.24) is 44.4 Å². The Bertz CT molecular complexity index is 1560. The summed E-state index contributed by atoms with van der Waals surface area (Å²) in [6.45, 7) is 3.03. The predicted octanol–water partition coefficient (Wildman–Crippen LogP) is 3.06. The first kappa shape index (κ1) is 22.2. The van der Waals surface area contributed by atoms with Crippen LogP contribution in [0.5, 0.6) is 0 Å². The molecule has 1 aliphatic heterocycles. The lowest BCUT2D eigenvalue weighted by Crippen LogP contribution is -2.37. The molecule has 6 rings (SSSR count). The number of hydrogen-bond acceptors (Lipinski definition) is 7. The Balaban J connectivity index is 1.32. The van der Waals surface area contributed by atoms with Crippen molar-refractivity contribution in [2.24, 2.45) is 7.05 Å². The summed E-state index contributed by atoms with van der Waals surface area (Å²) < 4.78 is 10.8. The maximum atomic E-state index is 13.6. The third-order valence-electron chi connectivity index (χ3n) is 6.43. The summed E-state index contributed by atoms with van der Waals surface area (Å²) in [4.78, 5) is 15.4. The van der Waals surface area contributed by atoms with E-state index >= 15 is 0 Å². The summed E-state index contributed by atoms with van der Waals surface area (Å²) in [7, 11) is 1.91. The molecule has 0 atom stereocenters. The van der Waals surface area contributed by atoms with Gasteiger partial charge < -0.3 is 9.42 Å². The molecule has 0 aliphatic carbocycles. The smallest absolute Gasteiger partial charge is 0.276 e. The lowest BCUT2D eigenvalue weighted by Gasteiger charge is -2.27. The summed E-state index contributed by atoms with van der Waals surface area (Å²) in [5.74, 6) is 0.992. The van der Waals surface area contributed by atoms with E-state index in [-0.39, 0.29) is 11.6 Å². The molecule has 1 aliphatic rings. The van der Waals surface area contributed by atoms with Gasteiger partial charge in [-0.3, -0.25) is 18.7 Å². The van der Waals surface area contributed by atoms with Crippen LogP contribution in [0.4, 0.5) is 0 Å². The highest BCUT2D eigenvalue weighted by Crippen LogP contribution is 2.31. The summed E-state index contributed by atoms with van der Waals surface area (Å²) in [5, 5.41) is 22.1. The molecule has 4 aromatic heterocycles. The highest BCUT2D eigenvalue weighted by Gasteiger charge is 2.32. The number of carbonyl (C=O) groups is 1. The van der Waals surface area contributed by atoms with Crippen LogP contribution in [0.3, 0.4) is 0 Å². The van der Waals surface area contributed by atoms with E-state index in [0.29, 0.717) is 53.9 Å². The van der Waals surface area contributed by atoms with Crippen LogP contribution in [0.2, 0.25) is 5.02 Å². The van der Waals surface area contributed by atoms with Gasteiger partial charge in [0.1, 0.15) is 17.8 Å². The molecule has 182 valence electrons. The van der Waals surface area contributed by atoms with Crippen LogP contribution < -0.4 is 0 Å². The predicted molar refractivity (Wildman–Crippen MR) is 130 cm³/mol. The summed E-state index contributed by atoms with van der Waals surface area (Å²) in [5.41, 5.74) is 4.61. The number of hydrogen-bond donors (Lipinski definition) is 0. The van der Waals surface area contributed by atoms with E-state index < -0.39 is 0 Å². The van der Waals surface area contributed by atoms with Gasteiger partial charge in [0.15, 0.2) is 11.5 Å². The third-order valence-corrected chi connectivity index (χ3v) is 6.63. The second kappa shape index (κ2) is 8.76. The van der Waals surface area contributed by atoms with Crippen molar-refractivity contribution in [3.05, 3.63) is 82.4 Å². The van der Waals surface area contributed by atoms with Gasteiger partial charge in [0.25, 0.3) is 5.91 Å². The molecule has 1 amide bonds. The molecule has 0 unspecified atom stereocenters. The quantitative estimate of drug-likeness (QED) is 0.362. The van der Waals surface area contributed by atoms with Crippen LogP contribution in [0.15, 0.2) is 53.6 Å². The van der Waals surface area contributed by atoms with Crippen LogP contribution in [0.1, 0.15) is 33.1 Å². The SMILES string of the molecule is Cc1onc(C(=O)N2CCc3c(c(-c4nncn4-c4ccccc4)nn3C)C2)c1Cn1cc(Cl)cn1. The zero-order valence-electron chi connectivity index (χ0n) is 19.7. The van der Waals surface area contributed by atoms with Crippen LogP contribution >= 0.6 is 11.6 Å². The highest BCUT2D eigenvalue weighted by molar-refractivity contribution is 6.30. The molecular weight excluding hydrogens is 482 g/mol. The molecule has 11 nitrogen and oxygen atoms in total. The van der Waals surface area contributed by atoms with Crippen molar-refractivity contribution >= 4 is 17.5 Å². The van der Waals surface area contributed by atoms with Gasteiger partial charge in [0.2, 0.25) is 0 Å². The molecule has 0 saturated heterocycles. The maximum absolute atomic E-state index is 13.6. The van der Waals surface area contributed by atoms with E-state index in [4.69, 9.17) is 21.2 Å². The molecular formula is C24H22ClN9O2. The van der Waals surface area contributed by atoms with Gasteiger partial charge in [-0.15, -0.1) is 10.2 Å². The van der Waals surface area contributed by atoms with Gasteiger partial charge in [-0.2, -0.15) is 10.2 Å². The Morgan fingerprint density at radius 2 is 2.06 bits per heavy atom. The van der Waals surface area contributed by atoms with E-state index in [1.807, 2.05) is 46.6 Å². The summed E-state index contributed by atoms with van der Waals surface area (Å²) >= 11 is 6.00. The zero-order chi connectivity index (χ0) is 24.8. The first-order valence-electron chi connectivity index (χ1n) is 11.4. The second-order valence-corrected chi connectivity index (χ2v) is 9.09. The number of benzene rings is 1. The van der Waals surface area contributed by atoms with Gasteiger partial charge in [-0.1, -0.05) is 35.0 Å². The third kappa shape index (κ3) is 3.77. The normalized spacial score (nSPS) is 13.2. The van der Waals surface area contributed by atoms with Crippen LogP contribution in [0, 0.1) is 6.92 Å². The van der Waals surface area contributed by atoms with Gasteiger partial charge in [-0.25, -0.2) is 0 Å². The Hall–Kier alpha value is -4.25. The van der Waals surface area contributed by atoms with E-state index in [1.54, 1.807) is 35.2 Å². The first-order chi connectivity index (χ1) is 17.5. The van der Waals surface area contributed by atoms with Gasteiger partial charge >= 0.3 is 0 Å². The maximum Gasteiger partial charge on any atom is 0.276 e. The fraction of sp³-hybridized carbons (Fsp3) is 0.250. The number of rotatable bonds is 5. The molecule has 0 radical (unpaired) electrons. The zero-order valence-corrected chi connectivity index (χ0v) is 20.4. The standard InChI is InChI=1S/C24H22ClN9O2/c1-15-18(13-33-11-16(25)10-27-33)22(30-36-15)24(35)32-9-8-20-19(12-32)21(29-31(20)2)23-28-26-14-34(23)17-6-4-3-5-7-17/h3-7,10-11,14H,8-9,12-13H2,1-2H3. The minimum Gasteiger partial charge on any atom is -0.361 e. The van der Waals surface area contributed by atoms with Crippen molar-refractivity contribution in [2.45, 2.75) is 26.4 Å². The number of aryl methyl sites for hydroxylation is 2. The number of carbonyl (C=O) groups excluding carboxylic acids is 1. The van der Waals surface area contributed by atoms with Crippen LogP contribution in [-0.4, -0.2) is 56.8 Å². The number of halogens is 1. The van der Waals surface area contributed by atoms with Gasteiger partial charge in [0.05, 0.1) is 24.3 Å². The molecule has 0 bridgehead atoms. The van der Waals surface area contributed by atoms with Crippen LogP contribution in [0.25, 0.3) is 17.2 Å². The summed E-state index contributed by atoms with van der Waals surface area (Å²) in [6.07, 6.45) is 5.57. The van der Waals surface area contributed by atoms with E-state index in [1.165, 1.54) is 0 Å². The van der Waals surface area contributed by atoms with Crippen molar-refractivity contribution in [1.29, 1.82) is 0 Å². The number of amides is 1. The van der Waals surface area contributed by atoms with Crippen molar-refractivity contribution in [3.63, 3.8) is 0 Å². The summed E-state index contributed by atoms with van der Waals surface area (Å²) in [6, 6.07) is 9.85. The average molecular weight is 504 g/mol. The fourth-order valence-corrected chi connectivity index (χ4v) is 4.76. The molecule has 12 heteroatoms. The minimum atomic E-state index is -0.204. The van der Waals surface area contributed by atoms with E-state index in [9.17, 15) is 4.79 Å². The highest BCUT2D eigenvalue weighted by atomic mass is 35.5. The Kier molecular flexibility index (Phi) is 5.41. The molecule has 0 N–H and O–H groups in total. The molecule has 5 aromatic rings. The van der Waals surface area contributed by atoms with Crippen molar-refractivity contribution in [2.75, 3.05) is 6.54 Å². The molecule has 0 fully saturated rings. The number of fused-ring (bicyclic) bond motifs is 1. The Morgan fingerprint density at radius 3 is 2.83 bits per heavy atom. The topological polar surface area (TPSA) is 113 Å². The Labute approximate surface area is 210 Å². The molecule has 1 aromatic carbocycles. The molecule has 0 saturated carbocycles. The van der Waals surface area contributed by atoms with Crippen molar-refractivity contribution < 1.29 is 9.32 Å². The average Bonchev–Trinajstić information content (AvgIpc) is 3.67. The number of nitrogens with zero attached hydrogens (tertiary/aromatic N) is 9. The van der Waals surface area contributed by atoms with Crippen molar-refractivity contribution in [3.8, 4) is 17.2 Å². The lowest BCUT2D eigenvalue weighted by molar-refractivity contribution is 0.0722. The minimum absolute atomic E-state index is 0.204. The largest absolute Gasteiger partial charge is 0.361 e. The molecule has 0 spiro atoms. The lowest BCUT2D eigenvalue weighted by atomic mass is 10.0. The van der Waals surface area contributed by atoms with Crippen LogP contribution in [-0.2, 0) is 26.6 Å². The van der Waals surface area contributed by atoms with E-state index in [2.05, 4.69) is 20.5 Å².